The van der Waals surface area contributed by atoms with Crippen LogP contribution >= 0.6 is 11.3 Å². The molecule has 0 bridgehead atoms. The third-order valence-electron chi connectivity index (χ3n) is 4.28. The standard InChI is InChI=1S/C15H26N2S/c1-3-15(8-6-9-16-12-15)13-17(4-2)11-14-7-5-10-18-14/h5,7,10,16H,3-4,6,8-9,11-13H2,1-2H3. The number of nitrogens with one attached hydrogen (secondary N) is 1. The van der Waals surface area contributed by atoms with E-state index in [0.717, 1.165) is 13.1 Å². The second kappa shape index (κ2) is 6.69. The van der Waals surface area contributed by atoms with Crippen LogP contribution in [0, 0.1) is 5.41 Å². The molecule has 0 aromatic carbocycles. The molecular weight excluding hydrogens is 240 g/mol. The normalized spacial score (nSPS) is 24.6. The van der Waals surface area contributed by atoms with Crippen LogP contribution in [0.2, 0.25) is 0 Å². The van der Waals surface area contributed by atoms with E-state index in [1.165, 1.54) is 43.8 Å². The maximum absolute atomic E-state index is 3.59. The molecule has 1 saturated heterocycles. The van der Waals surface area contributed by atoms with Gasteiger partial charge >= 0.3 is 0 Å². The number of nitrogens with zero attached hydrogens (tertiary/aromatic N) is 1. The maximum Gasteiger partial charge on any atom is 0.0328 e. The highest BCUT2D eigenvalue weighted by Crippen LogP contribution is 2.31. The molecule has 0 amide bonds. The van der Waals surface area contributed by atoms with Crippen molar-refractivity contribution in [2.75, 3.05) is 26.2 Å². The summed E-state index contributed by atoms with van der Waals surface area (Å²) in [7, 11) is 0. The molecule has 1 aliphatic rings. The van der Waals surface area contributed by atoms with E-state index in [-0.39, 0.29) is 0 Å². The number of hydrogen-bond donors (Lipinski definition) is 1. The van der Waals surface area contributed by atoms with E-state index in [1.54, 1.807) is 0 Å². The summed E-state index contributed by atoms with van der Waals surface area (Å²) in [6.45, 7) is 10.6. The van der Waals surface area contributed by atoms with Gasteiger partial charge in [-0.3, -0.25) is 4.90 Å². The molecule has 2 nitrogen and oxygen atoms in total. The average Bonchev–Trinajstić information content (AvgIpc) is 2.92. The van der Waals surface area contributed by atoms with Gasteiger partial charge in [0, 0.05) is 24.5 Å². The summed E-state index contributed by atoms with van der Waals surface area (Å²) in [6, 6.07) is 4.41. The average molecular weight is 266 g/mol. The molecule has 1 atom stereocenters. The topological polar surface area (TPSA) is 15.3 Å². The zero-order chi connectivity index (χ0) is 12.8. The summed E-state index contributed by atoms with van der Waals surface area (Å²) in [5.41, 5.74) is 0.505. The van der Waals surface area contributed by atoms with Crippen molar-refractivity contribution in [1.82, 2.24) is 10.2 Å². The van der Waals surface area contributed by atoms with Gasteiger partial charge in [0.25, 0.3) is 0 Å². The molecule has 0 spiro atoms. The van der Waals surface area contributed by atoms with Crippen LogP contribution in [0.25, 0.3) is 0 Å². The summed E-state index contributed by atoms with van der Waals surface area (Å²) in [6.07, 6.45) is 4.02. The fourth-order valence-electron chi connectivity index (χ4n) is 2.96. The van der Waals surface area contributed by atoms with Crippen LogP contribution in [0.4, 0.5) is 0 Å². The minimum absolute atomic E-state index is 0.505. The lowest BCUT2D eigenvalue weighted by Crippen LogP contribution is -2.47. The van der Waals surface area contributed by atoms with Gasteiger partial charge in [0.15, 0.2) is 0 Å². The van der Waals surface area contributed by atoms with Gasteiger partial charge in [0.05, 0.1) is 0 Å². The minimum atomic E-state index is 0.505. The first-order valence-electron chi connectivity index (χ1n) is 7.23. The van der Waals surface area contributed by atoms with Crippen molar-refractivity contribution >= 4 is 11.3 Å². The van der Waals surface area contributed by atoms with Gasteiger partial charge in [-0.25, -0.2) is 0 Å². The summed E-state index contributed by atoms with van der Waals surface area (Å²) >= 11 is 1.88. The summed E-state index contributed by atoms with van der Waals surface area (Å²) in [5.74, 6) is 0. The van der Waals surface area contributed by atoms with Crippen molar-refractivity contribution in [2.45, 2.75) is 39.7 Å². The monoisotopic (exact) mass is 266 g/mol. The molecule has 0 aliphatic carbocycles. The highest BCUT2D eigenvalue weighted by atomic mass is 32.1. The van der Waals surface area contributed by atoms with E-state index >= 15 is 0 Å². The third-order valence-corrected chi connectivity index (χ3v) is 5.14. The molecule has 3 heteroatoms. The predicted molar refractivity (Wildman–Crippen MR) is 80.1 cm³/mol. The lowest BCUT2D eigenvalue weighted by atomic mass is 9.78. The molecule has 0 radical (unpaired) electrons. The van der Waals surface area contributed by atoms with Crippen molar-refractivity contribution in [3.8, 4) is 0 Å². The van der Waals surface area contributed by atoms with Gasteiger partial charge in [-0.1, -0.05) is 19.9 Å². The first-order chi connectivity index (χ1) is 8.78. The maximum atomic E-state index is 3.59. The number of thiophene rings is 1. The van der Waals surface area contributed by atoms with E-state index in [1.807, 2.05) is 11.3 Å². The molecule has 1 unspecified atom stereocenters. The summed E-state index contributed by atoms with van der Waals surface area (Å²) in [4.78, 5) is 4.11. The lowest BCUT2D eigenvalue weighted by molar-refractivity contribution is 0.111. The SMILES string of the molecule is CCN(Cc1cccs1)CC1(CC)CCCNC1. The Balaban J connectivity index is 1.95. The minimum Gasteiger partial charge on any atom is -0.316 e. The van der Waals surface area contributed by atoms with Crippen molar-refractivity contribution in [3.05, 3.63) is 22.4 Å². The van der Waals surface area contributed by atoms with E-state index in [0.29, 0.717) is 5.41 Å². The second-order valence-electron chi connectivity index (χ2n) is 5.52. The predicted octanol–water partition coefficient (Wildman–Crippen LogP) is 3.35. The molecule has 1 aromatic rings. The quantitative estimate of drug-likeness (QED) is 0.849. The van der Waals surface area contributed by atoms with Crippen LogP contribution in [0.3, 0.4) is 0 Å². The zero-order valence-corrected chi connectivity index (χ0v) is 12.6. The van der Waals surface area contributed by atoms with Gasteiger partial charge in [-0.15, -0.1) is 11.3 Å². The Morgan fingerprint density at radius 3 is 2.89 bits per heavy atom. The van der Waals surface area contributed by atoms with E-state index in [2.05, 4.69) is 41.6 Å². The molecule has 2 heterocycles. The van der Waals surface area contributed by atoms with Crippen LogP contribution in [-0.4, -0.2) is 31.1 Å². The van der Waals surface area contributed by atoms with Crippen LogP contribution in [0.15, 0.2) is 17.5 Å². The Bertz CT molecular complexity index is 328. The number of piperidine rings is 1. The molecule has 1 aromatic heterocycles. The van der Waals surface area contributed by atoms with Gasteiger partial charge in [-0.2, -0.15) is 0 Å². The Kier molecular flexibility index (Phi) is 5.22. The molecule has 1 aliphatic heterocycles. The van der Waals surface area contributed by atoms with Gasteiger partial charge in [-0.05, 0) is 49.2 Å². The highest BCUT2D eigenvalue weighted by Gasteiger charge is 2.31. The van der Waals surface area contributed by atoms with Crippen LogP contribution in [-0.2, 0) is 6.54 Å². The number of rotatable bonds is 6. The lowest BCUT2D eigenvalue weighted by Gasteiger charge is -2.40. The van der Waals surface area contributed by atoms with Crippen molar-refractivity contribution in [1.29, 1.82) is 0 Å². The van der Waals surface area contributed by atoms with Gasteiger partial charge in [0.2, 0.25) is 0 Å². The Morgan fingerprint density at radius 2 is 2.33 bits per heavy atom. The molecule has 102 valence electrons. The fourth-order valence-corrected chi connectivity index (χ4v) is 3.70. The van der Waals surface area contributed by atoms with Crippen LogP contribution in [0.1, 0.15) is 38.0 Å². The van der Waals surface area contributed by atoms with Crippen LogP contribution in [0.5, 0.6) is 0 Å². The second-order valence-corrected chi connectivity index (χ2v) is 6.55. The van der Waals surface area contributed by atoms with Crippen LogP contribution < -0.4 is 5.32 Å². The first kappa shape index (κ1) is 14.0. The zero-order valence-electron chi connectivity index (χ0n) is 11.7. The largest absolute Gasteiger partial charge is 0.316 e. The highest BCUT2D eigenvalue weighted by molar-refractivity contribution is 7.09. The molecule has 1 fully saturated rings. The summed E-state index contributed by atoms with van der Waals surface area (Å²) < 4.78 is 0. The van der Waals surface area contributed by atoms with Crippen molar-refractivity contribution < 1.29 is 0 Å². The Labute approximate surface area is 115 Å². The first-order valence-corrected chi connectivity index (χ1v) is 8.11. The smallest absolute Gasteiger partial charge is 0.0328 e. The Morgan fingerprint density at radius 1 is 1.44 bits per heavy atom. The molecule has 2 rings (SSSR count). The fraction of sp³-hybridized carbons (Fsp3) is 0.733. The van der Waals surface area contributed by atoms with E-state index in [9.17, 15) is 0 Å². The Hall–Kier alpha value is -0.380. The van der Waals surface area contributed by atoms with E-state index < -0.39 is 0 Å². The molecule has 18 heavy (non-hydrogen) atoms. The van der Waals surface area contributed by atoms with Gasteiger partial charge < -0.3 is 5.32 Å². The molecular formula is C15H26N2S. The van der Waals surface area contributed by atoms with Gasteiger partial charge in [0.1, 0.15) is 0 Å². The van der Waals surface area contributed by atoms with Crippen molar-refractivity contribution in [3.63, 3.8) is 0 Å². The van der Waals surface area contributed by atoms with E-state index in [4.69, 9.17) is 0 Å². The van der Waals surface area contributed by atoms with Crippen molar-refractivity contribution in [2.24, 2.45) is 5.41 Å². The molecule has 1 N–H and O–H groups in total. The third kappa shape index (κ3) is 3.56. The summed E-state index contributed by atoms with van der Waals surface area (Å²) in [5, 5.41) is 5.77. The number of hydrogen-bond acceptors (Lipinski definition) is 3. The molecule has 0 saturated carbocycles.